The lowest BCUT2D eigenvalue weighted by molar-refractivity contribution is 0.102. The number of benzene rings is 3. The quantitative estimate of drug-likeness (QED) is 0.543. The molecule has 0 heterocycles. The van der Waals surface area contributed by atoms with Crippen LogP contribution in [0.5, 0.6) is 11.5 Å². The van der Waals surface area contributed by atoms with Crippen molar-refractivity contribution < 1.29 is 14.3 Å². The van der Waals surface area contributed by atoms with Crippen LogP contribution >= 0.6 is 11.6 Å². The van der Waals surface area contributed by atoms with Gasteiger partial charge in [0.25, 0.3) is 5.91 Å². The molecule has 3 aromatic carbocycles. The van der Waals surface area contributed by atoms with Crippen LogP contribution in [0.15, 0.2) is 66.7 Å². The van der Waals surface area contributed by atoms with Gasteiger partial charge in [0, 0.05) is 21.8 Å². The predicted molar refractivity (Wildman–Crippen MR) is 113 cm³/mol. The number of ether oxygens (including phenoxy) is 2. The zero-order valence-electron chi connectivity index (χ0n) is 15.9. The highest BCUT2D eigenvalue weighted by Gasteiger charge is 2.12. The molecule has 3 aromatic rings. The summed E-state index contributed by atoms with van der Waals surface area (Å²) in [5.41, 5.74) is 3.02. The molecule has 0 aliphatic carbocycles. The Morgan fingerprint density at radius 1 is 0.964 bits per heavy atom. The van der Waals surface area contributed by atoms with E-state index in [0.29, 0.717) is 35.2 Å². The molecule has 1 N–H and O–H groups in total. The van der Waals surface area contributed by atoms with E-state index in [0.717, 1.165) is 16.9 Å². The van der Waals surface area contributed by atoms with E-state index in [-0.39, 0.29) is 5.91 Å². The van der Waals surface area contributed by atoms with Gasteiger partial charge in [0.1, 0.15) is 18.1 Å². The number of hydrogen-bond acceptors (Lipinski definition) is 3. The number of carbonyl (C=O) groups is 1. The molecule has 0 aliphatic rings. The number of amides is 1. The van der Waals surface area contributed by atoms with E-state index in [4.69, 9.17) is 21.1 Å². The summed E-state index contributed by atoms with van der Waals surface area (Å²) in [6.07, 6.45) is 0. The van der Waals surface area contributed by atoms with E-state index < -0.39 is 0 Å². The van der Waals surface area contributed by atoms with Gasteiger partial charge in [0.2, 0.25) is 0 Å². The van der Waals surface area contributed by atoms with Crippen LogP contribution in [0.25, 0.3) is 0 Å². The summed E-state index contributed by atoms with van der Waals surface area (Å²) in [5.74, 6) is 1.29. The minimum atomic E-state index is -0.220. The number of aryl methyl sites for hydroxylation is 1. The average molecular weight is 396 g/mol. The first-order valence-corrected chi connectivity index (χ1v) is 9.45. The Labute approximate surface area is 170 Å². The Morgan fingerprint density at radius 2 is 1.79 bits per heavy atom. The van der Waals surface area contributed by atoms with Crippen LogP contribution in [-0.2, 0) is 6.61 Å². The zero-order chi connectivity index (χ0) is 19.9. The minimum Gasteiger partial charge on any atom is -0.493 e. The molecule has 5 heteroatoms. The maximum Gasteiger partial charge on any atom is 0.255 e. The van der Waals surface area contributed by atoms with Crippen LogP contribution < -0.4 is 14.8 Å². The molecule has 0 fully saturated rings. The number of rotatable bonds is 7. The first-order chi connectivity index (χ1) is 13.6. The summed E-state index contributed by atoms with van der Waals surface area (Å²) in [4.78, 5) is 12.6. The average Bonchev–Trinajstić information content (AvgIpc) is 2.68. The highest BCUT2D eigenvalue weighted by atomic mass is 35.5. The number of halogens is 1. The Bertz CT molecular complexity index is 972. The fourth-order valence-electron chi connectivity index (χ4n) is 2.77. The fourth-order valence-corrected chi connectivity index (χ4v) is 2.96. The molecule has 0 saturated heterocycles. The first kappa shape index (κ1) is 19.8. The van der Waals surface area contributed by atoms with Crippen molar-refractivity contribution >= 4 is 23.2 Å². The molecule has 0 spiro atoms. The van der Waals surface area contributed by atoms with Crippen LogP contribution in [0.1, 0.15) is 28.4 Å². The molecule has 0 bridgehead atoms. The number of anilines is 1. The third kappa shape index (κ3) is 5.05. The van der Waals surface area contributed by atoms with Gasteiger partial charge in [0.05, 0.1) is 6.61 Å². The number of carbonyl (C=O) groups excluding carboxylic acids is 1. The monoisotopic (exact) mass is 395 g/mol. The zero-order valence-corrected chi connectivity index (χ0v) is 16.6. The summed E-state index contributed by atoms with van der Waals surface area (Å²) in [7, 11) is 0. The standard InChI is InChI=1S/C23H22ClNO3/c1-3-27-22-12-11-17(23(26)25-20-9-6-8-19(24)14-20)13-18(22)15-28-21-10-5-4-7-16(21)2/h4-14H,3,15H2,1-2H3,(H,25,26). The van der Waals surface area contributed by atoms with Crippen molar-refractivity contribution in [2.24, 2.45) is 0 Å². The Hall–Kier alpha value is -2.98. The Morgan fingerprint density at radius 3 is 2.54 bits per heavy atom. The predicted octanol–water partition coefficient (Wildman–Crippen LogP) is 5.88. The maximum absolute atomic E-state index is 12.6. The third-order valence-corrected chi connectivity index (χ3v) is 4.42. The van der Waals surface area contributed by atoms with E-state index in [9.17, 15) is 4.79 Å². The summed E-state index contributed by atoms with van der Waals surface area (Å²) in [6.45, 7) is 4.75. The van der Waals surface area contributed by atoms with E-state index in [2.05, 4.69) is 5.32 Å². The molecule has 0 radical (unpaired) electrons. The van der Waals surface area contributed by atoms with Crippen molar-refractivity contribution in [1.82, 2.24) is 0 Å². The maximum atomic E-state index is 12.6. The van der Waals surface area contributed by atoms with Gasteiger partial charge in [-0.05, 0) is 61.9 Å². The molecule has 0 unspecified atom stereocenters. The van der Waals surface area contributed by atoms with Crippen molar-refractivity contribution in [2.75, 3.05) is 11.9 Å². The lowest BCUT2D eigenvalue weighted by Crippen LogP contribution is -2.13. The van der Waals surface area contributed by atoms with Gasteiger partial charge in [0.15, 0.2) is 0 Å². The van der Waals surface area contributed by atoms with Crippen molar-refractivity contribution in [2.45, 2.75) is 20.5 Å². The van der Waals surface area contributed by atoms with E-state index in [1.807, 2.05) is 38.1 Å². The van der Waals surface area contributed by atoms with Gasteiger partial charge in [-0.2, -0.15) is 0 Å². The molecule has 28 heavy (non-hydrogen) atoms. The lowest BCUT2D eigenvalue weighted by Gasteiger charge is -2.14. The largest absolute Gasteiger partial charge is 0.493 e. The molecular weight excluding hydrogens is 374 g/mol. The molecule has 4 nitrogen and oxygen atoms in total. The van der Waals surface area contributed by atoms with Crippen LogP contribution in [0.3, 0.4) is 0 Å². The first-order valence-electron chi connectivity index (χ1n) is 9.08. The third-order valence-electron chi connectivity index (χ3n) is 4.18. The minimum absolute atomic E-state index is 0.220. The second kappa shape index (κ2) is 9.29. The van der Waals surface area contributed by atoms with Crippen LogP contribution in [0, 0.1) is 6.92 Å². The number of hydrogen-bond donors (Lipinski definition) is 1. The van der Waals surface area contributed by atoms with Crippen molar-refractivity contribution in [3.8, 4) is 11.5 Å². The molecular formula is C23H22ClNO3. The molecule has 3 rings (SSSR count). The van der Waals surface area contributed by atoms with E-state index in [1.165, 1.54) is 0 Å². The second-order valence-corrected chi connectivity index (χ2v) is 6.71. The smallest absolute Gasteiger partial charge is 0.255 e. The summed E-state index contributed by atoms with van der Waals surface area (Å²) in [5, 5.41) is 3.42. The molecule has 1 amide bonds. The van der Waals surface area contributed by atoms with Crippen LogP contribution in [-0.4, -0.2) is 12.5 Å². The van der Waals surface area contributed by atoms with Gasteiger partial charge >= 0.3 is 0 Å². The Balaban J connectivity index is 1.80. The molecule has 0 saturated carbocycles. The highest BCUT2D eigenvalue weighted by Crippen LogP contribution is 2.25. The van der Waals surface area contributed by atoms with Gasteiger partial charge < -0.3 is 14.8 Å². The lowest BCUT2D eigenvalue weighted by atomic mass is 10.1. The number of para-hydroxylation sites is 1. The summed E-state index contributed by atoms with van der Waals surface area (Å²) < 4.78 is 11.6. The van der Waals surface area contributed by atoms with Gasteiger partial charge in [-0.1, -0.05) is 35.9 Å². The molecule has 144 valence electrons. The van der Waals surface area contributed by atoms with Gasteiger partial charge in [-0.3, -0.25) is 4.79 Å². The van der Waals surface area contributed by atoms with Crippen molar-refractivity contribution in [3.05, 3.63) is 88.4 Å². The van der Waals surface area contributed by atoms with Crippen molar-refractivity contribution in [3.63, 3.8) is 0 Å². The molecule has 0 aliphatic heterocycles. The normalized spacial score (nSPS) is 10.4. The topological polar surface area (TPSA) is 47.6 Å². The highest BCUT2D eigenvalue weighted by molar-refractivity contribution is 6.30. The second-order valence-electron chi connectivity index (χ2n) is 6.27. The van der Waals surface area contributed by atoms with Crippen LogP contribution in [0.2, 0.25) is 5.02 Å². The number of nitrogens with one attached hydrogen (secondary N) is 1. The van der Waals surface area contributed by atoms with Crippen LogP contribution in [0.4, 0.5) is 5.69 Å². The molecule has 0 aromatic heterocycles. The van der Waals surface area contributed by atoms with E-state index >= 15 is 0 Å². The summed E-state index contributed by atoms with van der Waals surface area (Å²) in [6, 6.07) is 20.2. The van der Waals surface area contributed by atoms with Gasteiger partial charge in [-0.15, -0.1) is 0 Å². The molecule has 0 atom stereocenters. The SMILES string of the molecule is CCOc1ccc(C(=O)Nc2cccc(Cl)c2)cc1COc1ccccc1C. The van der Waals surface area contributed by atoms with Gasteiger partial charge in [-0.25, -0.2) is 0 Å². The summed E-state index contributed by atoms with van der Waals surface area (Å²) >= 11 is 5.98. The van der Waals surface area contributed by atoms with E-state index in [1.54, 1.807) is 42.5 Å². The fraction of sp³-hybridized carbons (Fsp3) is 0.174. The Kier molecular flexibility index (Phi) is 6.56. The van der Waals surface area contributed by atoms with Crippen molar-refractivity contribution in [1.29, 1.82) is 0 Å².